The first-order chi connectivity index (χ1) is 13.5. The minimum absolute atomic E-state index is 0.0197. The molecule has 3 amide bonds. The lowest BCUT2D eigenvalue weighted by Crippen LogP contribution is -2.24. The molecule has 0 fully saturated rings. The molecule has 1 heterocycles. The smallest absolute Gasteiger partial charge is 0.260 e. The molecule has 0 saturated heterocycles. The average molecular weight is 416 g/mol. The number of thioether (sulfide) groups is 1. The fourth-order valence-corrected chi connectivity index (χ4v) is 3.83. The van der Waals surface area contributed by atoms with E-state index in [0.717, 1.165) is 17.3 Å². The molecule has 2 N–H and O–H groups in total. The number of carbonyl (C=O) groups is 3. The van der Waals surface area contributed by atoms with Gasteiger partial charge in [-0.2, -0.15) is 0 Å². The van der Waals surface area contributed by atoms with Crippen molar-refractivity contribution < 1.29 is 14.4 Å². The van der Waals surface area contributed by atoms with Gasteiger partial charge >= 0.3 is 0 Å². The van der Waals surface area contributed by atoms with Gasteiger partial charge in [0.2, 0.25) is 11.8 Å². The van der Waals surface area contributed by atoms with E-state index in [0.29, 0.717) is 22.3 Å². The van der Waals surface area contributed by atoms with E-state index in [1.54, 1.807) is 24.3 Å². The minimum atomic E-state index is -0.626. The van der Waals surface area contributed by atoms with Crippen LogP contribution < -0.4 is 10.6 Å². The van der Waals surface area contributed by atoms with Gasteiger partial charge in [-0.05, 0) is 17.7 Å². The molecule has 1 atom stereocenters. The van der Waals surface area contributed by atoms with E-state index in [1.807, 2.05) is 30.3 Å². The van der Waals surface area contributed by atoms with Crippen molar-refractivity contribution in [3.8, 4) is 0 Å². The van der Waals surface area contributed by atoms with E-state index in [2.05, 4.69) is 15.6 Å². The van der Waals surface area contributed by atoms with Crippen LogP contribution in [0.3, 0.4) is 0 Å². The van der Waals surface area contributed by atoms with Crippen molar-refractivity contribution in [2.45, 2.75) is 24.6 Å². The lowest BCUT2D eigenvalue weighted by atomic mass is 10.2. The highest BCUT2D eigenvalue weighted by Crippen LogP contribution is 2.28. The third kappa shape index (κ3) is 5.68. The van der Waals surface area contributed by atoms with Crippen LogP contribution in [-0.2, 0) is 20.9 Å². The number of hydrogen-bond donors (Lipinski definition) is 2. The Morgan fingerprint density at radius 3 is 2.50 bits per heavy atom. The maximum absolute atomic E-state index is 12.2. The van der Waals surface area contributed by atoms with Gasteiger partial charge in [0.1, 0.15) is 5.25 Å². The molecule has 0 bridgehead atoms. The Bertz CT molecular complexity index is 918. The Balaban J connectivity index is 1.46. The van der Waals surface area contributed by atoms with Crippen molar-refractivity contribution in [2.75, 3.05) is 5.32 Å². The van der Waals surface area contributed by atoms with Gasteiger partial charge in [0.25, 0.3) is 5.91 Å². The van der Waals surface area contributed by atoms with Crippen LogP contribution in [0.1, 0.15) is 18.4 Å². The number of halogens is 1. The molecule has 3 rings (SSSR count). The normalized spacial score (nSPS) is 15.8. The molecule has 0 saturated carbocycles. The van der Waals surface area contributed by atoms with Crippen molar-refractivity contribution in [3.63, 3.8) is 0 Å². The molecule has 0 spiro atoms. The Morgan fingerprint density at radius 2 is 1.75 bits per heavy atom. The van der Waals surface area contributed by atoms with Gasteiger partial charge in [0.05, 0.1) is 22.2 Å². The van der Waals surface area contributed by atoms with E-state index in [9.17, 15) is 14.4 Å². The minimum Gasteiger partial charge on any atom is -0.352 e. The summed E-state index contributed by atoms with van der Waals surface area (Å²) in [6, 6.07) is 16.4. The van der Waals surface area contributed by atoms with Gasteiger partial charge < -0.3 is 10.6 Å². The molecule has 0 aliphatic carbocycles. The summed E-state index contributed by atoms with van der Waals surface area (Å²) in [6.07, 6.45) is -0.0147. The first-order valence-electron chi connectivity index (χ1n) is 8.64. The molecule has 144 valence electrons. The highest BCUT2D eigenvalue weighted by Gasteiger charge is 2.31. The van der Waals surface area contributed by atoms with Crippen LogP contribution in [0.25, 0.3) is 0 Å². The van der Waals surface area contributed by atoms with Crippen LogP contribution in [0.5, 0.6) is 0 Å². The zero-order valence-corrected chi connectivity index (χ0v) is 16.4. The monoisotopic (exact) mass is 415 g/mol. The zero-order valence-electron chi connectivity index (χ0n) is 14.9. The molecular weight excluding hydrogens is 398 g/mol. The van der Waals surface area contributed by atoms with Crippen molar-refractivity contribution >= 4 is 51.8 Å². The molecular formula is C20H18ClN3O3S. The number of nitrogens with one attached hydrogen (secondary N) is 2. The van der Waals surface area contributed by atoms with E-state index in [4.69, 9.17) is 11.6 Å². The molecule has 1 aliphatic rings. The first-order valence-corrected chi connectivity index (χ1v) is 9.90. The Hall–Kier alpha value is -2.64. The second-order valence-corrected chi connectivity index (χ2v) is 7.80. The van der Waals surface area contributed by atoms with E-state index in [1.165, 1.54) is 0 Å². The molecule has 8 heteroatoms. The van der Waals surface area contributed by atoms with Gasteiger partial charge in [-0.1, -0.05) is 65.8 Å². The highest BCUT2D eigenvalue weighted by atomic mass is 35.5. The fourth-order valence-electron chi connectivity index (χ4n) is 2.57. The SMILES string of the molecule is O=C(CC1=NC(=O)[C@H](CC(=O)Nc2ccccc2Cl)S1)NCc1ccccc1. The third-order valence-electron chi connectivity index (χ3n) is 3.95. The lowest BCUT2D eigenvalue weighted by molar-refractivity contribution is -0.121. The quantitative estimate of drug-likeness (QED) is 0.725. The number of aliphatic imine (C=N–C) groups is 1. The zero-order chi connectivity index (χ0) is 19.9. The van der Waals surface area contributed by atoms with E-state index in [-0.39, 0.29) is 24.7 Å². The number of amides is 3. The fraction of sp³-hybridized carbons (Fsp3) is 0.200. The average Bonchev–Trinajstić information content (AvgIpc) is 3.01. The summed E-state index contributed by atoms with van der Waals surface area (Å²) in [7, 11) is 0. The molecule has 6 nitrogen and oxygen atoms in total. The first kappa shape index (κ1) is 20.1. The van der Waals surface area contributed by atoms with Crippen molar-refractivity contribution in [1.82, 2.24) is 5.32 Å². The molecule has 2 aromatic rings. The summed E-state index contributed by atoms with van der Waals surface area (Å²) < 4.78 is 0. The predicted molar refractivity (Wildman–Crippen MR) is 111 cm³/mol. The molecule has 28 heavy (non-hydrogen) atoms. The number of para-hydroxylation sites is 1. The largest absolute Gasteiger partial charge is 0.352 e. The number of benzene rings is 2. The van der Waals surface area contributed by atoms with Gasteiger partial charge in [0.15, 0.2) is 0 Å². The maximum atomic E-state index is 12.2. The summed E-state index contributed by atoms with van der Waals surface area (Å²) in [4.78, 5) is 40.2. The number of rotatable bonds is 7. The summed E-state index contributed by atoms with van der Waals surface area (Å²) in [5, 5.41) is 5.70. The Morgan fingerprint density at radius 1 is 1.04 bits per heavy atom. The number of hydrogen-bond acceptors (Lipinski definition) is 4. The van der Waals surface area contributed by atoms with Crippen LogP contribution in [-0.4, -0.2) is 28.0 Å². The summed E-state index contributed by atoms with van der Waals surface area (Å²) >= 11 is 7.17. The highest BCUT2D eigenvalue weighted by molar-refractivity contribution is 8.15. The van der Waals surface area contributed by atoms with E-state index < -0.39 is 11.2 Å². The van der Waals surface area contributed by atoms with Crippen LogP contribution in [0, 0.1) is 0 Å². The summed E-state index contributed by atoms with van der Waals surface area (Å²) in [5.41, 5.74) is 1.48. The van der Waals surface area contributed by atoms with Crippen LogP contribution in [0.2, 0.25) is 5.02 Å². The van der Waals surface area contributed by atoms with Gasteiger partial charge in [-0.3, -0.25) is 14.4 Å². The van der Waals surface area contributed by atoms with Crippen molar-refractivity contribution in [3.05, 3.63) is 65.2 Å². The molecule has 2 aromatic carbocycles. The molecule has 1 aliphatic heterocycles. The Kier molecular flexibility index (Phi) is 6.84. The number of nitrogens with zero attached hydrogens (tertiary/aromatic N) is 1. The van der Waals surface area contributed by atoms with Crippen LogP contribution in [0.15, 0.2) is 59.6 Å². The van der Waals surface area contributed by atoms with Crippen LogP contribution in [0.4, 0.5) is 5.69 Å². The van der Waals surface area contributed by atoms with Crippen molar-refractivity contribution in [2.24, 2.45) is 4.99 Å². The van der Waals surface area contributed by atoms with Gasteiger partial charge in [-0.25, -0.2) is 4.99 Å². The molecule has 0 aromatic heterocycles. The van der Waals surface area contributed by atoms with Crippen LogP contribution >= 0.6 is 23.4 Å². The van der Waals surface area contributed by atoms with Crippen molar-refractivity contribution in [1.29, 1.82) is 0 Å². The predicted octanol–water partition coefficient (Wildman–Crippen LogP) is 3.42. The second-order valence-electron chi connectivity index (χ2n) is 6.12. The summed E-state index contributed by atoms with van der Waals surface area (Å²) in [6.45, 7) is 0.412. The Labute approximate surface area is 171 Å². The third-order valence-corrected chi connectivity index (χ3v) is 5.44. The van der Waals surface area contributed by atoms with Gasteiger partial charge in [-0.15, -0.1) is 0 Å². The molecule has 0 unspecified atom stereocenters. The number of anilines is 1. The standard InChI is InChI=1S/C20H18ClN3O3S/c21-14-8-4-5-9-15(14)23-18(26)10-16-20(27)24-19(28-16)11-17(25)22-12-13-6-2-1-3-7-13/h1-9,16H,10-12H2,(H,22,25)(H,23,26)/t16-/m0/s1. The molecule has 0 radical (unpaired) electrons. The van der Waals surface area contributed by atoms with E-state index >= 15 is 0 Å². The summed E-state index contributed by atoms with van der Waals surface area (Å²) in [5.74, 6) is -0.946. The topological polar surface area (TPSA) is 87.6 Å². The lowest BCUT2D eigenvalue weighted by Gasteiger charge is -2.09. The second kappa shape index (κ2) is 9.52. The maximum Gasteiger partial charge on any atom is 0.260 e. The van der Waals surface area contributed by atoms with Gasteiger partial charge in [0, 0.05) is 13.0 Å². The number of carbonyl (C=O) groups excluding carboxylic acids is 3.